The molecule has 0 saturated carbocycles. The Kier molecular flexibility index (Phi) is 6.49. The molecule has 1 N–H and O–H groups in total. The minimum atomic E-state index is 0.370. The normalized spacial score (nSPS) is 19.7. The van der Waals surface area contributed by atoms with Crippen molar-refractivity contribution in [2.45, 2.75) is 39.5 Å². The highest BCUT2D eigenvalue weighted by atomic mass is 16.5. The van der Waals surface area contributed by atoms with Crippen LogP contribution in [0.1, 0.15) is 31.4 Å². The minimum Gasteiger partial charge on any atom is -0.496 e. The summed E-state index contributed by atoms with van der Waals surface area (Å²) >= 11 is 0. The minimum absolute atomic E-state index is 0.370. The molecule has 1 atom stereocenters. The smallest absolute Gasteiger partial charge is 0.123 e. The van der Waals surface area contributed by atoms with Gasteiger partial charge in [0.15, 0.2) is 0 Å². The van der Waals surface area contributed by atoms with Crippen LogP contribution in [-0.2, 0) is 17.8 Å². The summed E-state index contributed by atoms with van der Waals surface area (Å²) in [4.78, 5) is 2.46. The summed E-state index contributed by atoms with van der Waals surface area (Å²) < 4.78 is 11.3. The number of morpholine rings is 1. The molecule has 4 nitrogen and oxygen atoms in total. The molecule has 118 valence electrons. The van der Waals surface area contributed by atoms with E-state index in [1.807, 2.05) is 0 Å². The van der Waals surface area contributed by atoms with E-state index in [9.17, 15) is 0 Å². The molecule has 1 fully saturated rings. The lowest BCUT2D eigenvalue weighted by Gasteiger charge is -2.32. The topological polar surface area (TPSA) is 33.7 Å². The maximum atomic E-state index is 5.75. The van der Waals surface area contributed by atoms with E-state index in [4.69, 9.17) is 9.47 Å². The number of nitrogens with one attached hydrogen (secondary N) is 1. The Morgan fingerprint density at radius 1 is 1.38 bits per heavy atom. The SMILES string of the molecule is CCNCc1ccc(OC)c(CN2CCOC(CC)C2)c1. The van der Waals surface area contributed by atoms with E-state index < -0.39 is 0 Å². The van der Waals surface area contributed by atoms with Crippen LogP contribution in [0.25, 0.3) is 0 Å². The largest absolute Gasteiger partial charge is 0.496 e. The standard InChI is InChI=1S/C17H28N2O2/c1-4-16-13-19(8-9-21-16)12-15-10-14(11-18-5-2)6-7-17(15)20-3/h6-7,10,16,18H,4-5,8-9,11-13H2,1-3H3. The van der Waals surface area contributed by atoms with E-state index >= 15 is 0 Å². The Labute approximate surface area is 128 Å². The first-order chi connectivity index (χ1) is 10.3. The van der Waals surface area contributed by atoms with Gasteiger partial charge in [-0.2, -0.15) is 0 Å². The van der Waals surface area contributed by atoms with Crippen molar-refractivity contribution in [3.63, 3.8) is 0 Å². The predicted octanol–water partition coefficient (Wildman–Crippen LogP) is 2.42. The van der Waals surface area contributed by atoms with Crippen molar-refractivity contribution in [1.82, 2.24) is 10.2 Å². The molecule has 0 bridgehead atoms. The molecule has 1 aliphatic heterocycles. The molecule has 4 heteroatoms. The second kappa shape index (κ2) is 8.37. The first-order valence-electron chi connectivity index (χ1n) is 7.97. The highest BCUT2D eigenvalue weighted by molar-refractivity contribution is 5.37. The molecule has 1 aromatic rings. The van der Waals surface area contributed by atoms with Crippen LogP contribution in [0.4, 0.5) is 0 Å². The molecule has 0 spiro atoms. The van der Waals surface area contributed by atoms with Crippen LogP contribution in [0, 0.1) is 0 Å². The van der Waals surface area contributed by atoms with Gasteiger partial charge in [-0.1, -0.05) is 19.9 Å². The number of nitrogens with zero attached hydrogens (tertiary/aromatic N) is 1. The van der Waals surface area contributed by atoms with Crippen LogP contribution in [-0.4, -0.2) is 44.4 Å². The fourth-order valence-corrected chi connectivity index (χ4v) is 2.75. The van der Waals surface area contributed by atoms with Gasteiger partial charge in [0, 0.05) is 31.7 Å². The molecule has 0 amide bonds. The molecule has 1 heterocycles. The monoisotopic (exact) mass is 292 g/mol. The van der Waals surface area contributed by atoms with Crippen LogP contribution in [0.15, 0.2) is 18.2 Å². The van der Waals surface area contributed by atoms with Crippen molar-refractivity contribution < 1.29 is 9.47 Å². The summed E-state index contributed by atoms with van der Waals surface area (Å²) in [6.07, 6.45) is 1.45. The summed E-state index contributed by atoms with van der Waals surface area (Å²) in [5.74, 6) is 0.981. The number of benzene rings is 1. The number of ether oxygens (including phenoxy) is 2. The number of hydrogen-bond acceptors (Lipinski definition) is 4. The zero-order chi connectivity index (χ0) is 15.1. The van der Waals surface area contributed by atoms with E-state index in [2.05, 4.69) is 42.3 Å². The van der Waals surface area contributed by atoms with E-state index in [0.29, 0.717) is 6.10 Å². The summed E-state index contributed by atoms with van der Waals surface area (Å²) in [6, 6.07) is 6.48. The molecule has 0 aromatic heterocycles. The Bertz CT molecular complexity index is 437. The second-order valence-electron chi connectivity index (χ2n) is 5.56. The van der Waals surface area contributed by atoms with Gasteiger partial charge in [0.2, 0.25) is 0 Å². The highest BCUT2D eigenvalue weighted by Gasteiger charge is 2.20. The zero-order valence-electron chi connectivity index (χ0n) is 13.5. The lowest BCUT2D eigenvalue weighted by atomic mass is 10.1. The van der Waals surface area contributed by atoms with Gasteiger partial charge in [-0.05, 0) is 30.7 Å². The molecule has 21 heavy (non-hydrogen) atoms. The zero-order valence-corrected chi connectivity index (χ0v) is 13.5. The van der Waals surface area contributed by atoms with E-state index in [1.165, 1.54) is 11.1 Å². The maximum absolute atomic E-state index is 5.75. The maximum Gasteiger partial charge on any atom is 0.123 e. The average molecular weight is 292 g/mol. The number of methoxy groups -OCH3 is 1. The predicted molar refractivity (Wildman–Crippen MR) is 85.7 cm³/mol. The van der Waals surface area contributed by atoms with Gasteiger partial charge in [0.05, 0.1) is 19.8 Å². The van der Waals surface area contributed by atoms with Gasteiger partial charge < -0.3 is 14.8 Å². The first-order valence-corrected chi connectivity index (χ1v) is 7.97. The quantitative estimate of drug-likeness (QED) is 0.837. The van der Waals surface area contributed by atoms with Gasteiger partial charge in [-0.3, -0.25) is 4.90 Å². The molecule has 0 radical (unpaired) electrons. The first kappa shape index (κ1) is 16.3. The molecule has 1 aromatic carbocycles. The van der Waals surface area contributed by atoms with Gasteiger partial charge in [0.25, 0.3) is 0 Å². The van der Waals surface area contributed by atoms with Crippen LogP contribution >= 0.6 is 0 Å². The van der Waals surface area contributed by atoms with Crippen molar-refractivity contribution in [2.24, 2.45) is 0 Å². The third-order valence-electron chi connectivity index (χ3n) is 4.00. The molecule has 1 saturated heterocycles. The fourth-order valence-electron chi connectivity index (χ4n) is 2.75. The molecule has 2 rings (SSSR count). The molecule has 1 aliphatic rings. The van der Waals surface area contributed by atoms with Crippen LogP contribution in [0.3, 0.4) is 0 Å². The van der Waals surface area contributed by atoms with Crippen molar-refractivity contribution in [1.29, 1.82) is 0 Å². The molecular formula is C17H28N2O2. The summed E-state index contributed by atoms with van der Waals surface area (Å²) in [5, 5.41) is 3.37. The Morgan fingerprint density at radius 2 is 2.24 bits per heavy atom. The van der Waals surface area contributed by atoms with Crippen LogP contribution < -0.4 is 10.1 Å². The molecule has 0 aliphatic carbocycles. The summed E-state index contributed by atoms with van der Waals surface area (Å²) in [7, 11) is 1.75. The summed E-state index contributed by atoms with van der Waals surface area (Å²) in [5.41, 5.74) is 2.58. The lowest BCUT2D eigenvalue weighted by Crippen LogP contribution is -2.41. The highest BCUT2D eigenvalue weighted by Crippen LogP contribution is 2.23. The number of rotatable bonds is 7. The molecule has 1 unspecified atom stereocenters. The lowest BCUT2D eigenvalue weighted by molar-refractivity contribution is -0.0326. The Balaban J connectivity index is 2.05. The third-order valence-corrected chi connectivity index (χ3v) is 4.00. The molecular weight excluding hydrogens is 264 g/mol. The van der Waals surface area contributed by atoms with Crippen LogP contribution in [0.2, 0.25) is 0 Å². The van der Waals surface area contributed by atoms with Crippen molar-refractivity contribution in [3.8, 4) is 5.75 Å². The fraction of sp³-hybridized carbons (Fsp3) is 0.647. The van der Waals surface area contributed by atoms with E-state index in [0.717, 1.165) is 51.5 Å². The summed E-state index contributed by atoms with van der Waals surface area (Å²) in [6.45, 7) is 9.99. The van der Waals surface area contributed by atoms with E-state index in [1.54, 1.807) is 7.11 Å². The van der Waals surface area contributed by atoms with Crippen LogP contribution in [0.5, 0.6) is 5.75 Å². The second-order valence-corrected chi connectivity index (χ2v) is 5.56. The Morgan fingerprint density at radius 3 is 2.95 bits per heavy atom. The van der Waals surface area contributed by atoms with Crippen molar-refractivity contribution in [2.75, 3.05) is 33.4 Å². The number of hydrogen-bond donors (Lipinski definition) is 1. The third kappa shape index (κ3) is 4.70. The van der Waals surface area contributed by atoms with Gasteiger partial charge in [-0.15, -0.1) is 0 Å². The van der Waals surface area contributed by atoms with Gasteiger partial charge in [-0.25, -0.2) is 0 Å². The Hall–Kier alpha value is -1.10. The van der Waals surface area contributed by atoms with Crippen molar-refractivity contribution >= 4 is 0 Å². The average Bonchev–Trinajstić information content (AvgIpc) is 2.53. The van der Waals surface area contributed by atoms with Gasteiger partial charge >= 0.3 is 0 Å². The van der Waals surface area contributed by atoms with Gasteiger partial charge in [0.1, 0.15) is 5.75 Å². The van der Waals surface area contributed by atoms with E-state index in [-0.39, 0.29) is 0 Å². The van der Waals surface area contributed by atoms with Crippen molar-refractivity contribution in [3.05, 3.63) is 29.3 Å².